The van der Waals surface area contributed by atoms with Crippen molar-refractivity contribution in [1.29, 1.82) is 0 Å². The van der Waals surface area contributed by atoms with Crippen molar-refractivity contribution in [2.75, 3.05) is 38.2 Å². The summed E-state index contributed by atoms with van der Waals surface area (Å²) in [5.74, 6) is 0. The number of morpholine rings is 1. The van der Waals surface area contributed by atoms with Gasteiger partial charge in [0.15, 0.2) is 0 Å². The predicted molar refractivity (Wildman–Crippen MR) is 75.1 cm³/mol. The molecule has 0 spiro atoms. The summed E-state index contributed by atoms with van der Waals surface area (Å²) in [6.07, 6.45) is 2.89. The van der Waals surface area contributed by atoms with Crippen LogP contribution in [0.3, 0.4) is 0 Å². The molecule has 1 aliphatic rings. The minimum atomic E-state index is -0.0600. The Balaban J connectivity index is 1.90. The molecule has 19 heavy (non-hydrogen) atoms. The Bertz CT molecular complexity index is 387. The summed E-state index contributed by atoms with van der Waals surface area (Å²) in [5.41, 5.74) is 2.18. The number of pyridine rings is 1. The molecule has 2 rings (SSSR count). The molecule has 1 saturated heterocycles. The van der Waals surface area contributed by atoms with E-state index in [2.05, 4.69) is 28.2 Å². The minimum Gasteiger partial charge on any atom is -0.394 e. The maximum absolute atomic E-state index is 9.14. The Kier molecular flexibility index (Phi) is 5.57. The first-order chi connectivity index (χ1) is 9.31. The van der Waals surface area contributed by atoms with Crippen LogP contribution in [0.2, 0.25) is 0 Å². The van der Waals surface area contributed by atoms with Crippen LogP contribution in [0.1, 0.15) is 19.0 Å². The quantitative estimate of drug-likeness (QED) is 0.806. The maximum atomic E-state index is 9.14. The summed E-state index contributed by atoms with van der Waals surface area (Å²) in [5, 5.41) is 12.5. The SMILES string of the molecule is CCCNc1ccnc(CN2CCOC(CO)C2)c1. The van der Waals surface area contributed by atoms with Gasteiger partial charge < -0.3 is 15.2 Å². The number of aliphatic hydroxyl groups excluding tert-OH is 1. The summed E-state index contributed by atoms with van der Waals surface area (Å²) in [6.45, 7) is 6.36. The molecule has 0 radical (unpaired) electrons. The number of ether oxygens (including phenoxy) is 1. The molecule has 0 bridgehead atoms. The molecule has 1 unspecified atom stereocenters. The van der Waals surface area contributed by atoms with Crippen LogP contribution in [-0.4, -0.2) is 53.9 Å². The first-order valence-electron chi connectivity index (χ1n) is 6.95. The van der Waals surface area contributed by atoms with Crippen LogP contribution in [0.15, 0.2) is 18.3 Å². The lowest BCUT2D eigenvalue weighted by molar-refractivity contribution is -0.0553. The van der Waals surface area contributed by atoms with Crippen LogP contribution in [0, 0.1) is 0 Å². The zero-order chi connectivity index (χ0) is 13.5. The van der Waals surface area contributed by atoms with Crippen molar-refractivity contribution < 1.29 is 9.84 Å². The highest BCUT2D eigenvalue weighted by molar-refractivity contribution is 5.43. The van der Waals surface area contributed by atoms with Crippen LogP contribution in [0.5, 0.6) is 0 Å². The predicted octanol–water partition coefficient (Wildman–Crippen LogP) is 1.10. The second kappa shape index (κ2) is 7.43. The zero-order valence-corrected chi connectivity index (χ0v) is 11.5. The van der Waals surface area contributed by atoms with Crippen molar-refractivity contribution >= 4 is 5.69 Å². The number of rotatable bonds is 6. The molecule has 1 aliphatic heterocycles. The second-order valence-corrected chi connectivity index (χ2v) is 4.87. The molecular weight excluding hydrogens is 242 g/mol. The summed E-state index contributed by atoms with van der Waals surface area (Å²) < 4.78 is 5.45. The first-order valence-corrected chi connectivity index (χ1v) is 6.95. The molecule has 5 nitrogen and oxygen atoms in total. The molecule has 106 valence electrons. The van der Waals surface area contributed by atoms with Gasteiger partial charge in [0.05, 0.1) is 25.0 Å². The van der Waals surface area contributed by atoms with E-state index in [1.165, 1.54) is 0 Å². The van der Waals surface area contributed by atoms with Gasteiger partial charge in [-0.15, -0.1) is 0 Å². The lowest BCUT2D eigenvalue weighted by Gasteiger charge is -2.31. The Morgan fingerprint density at radius 3 is 3.26 bits per heavy atom. The van der Waals surface area contributed by atoms with Crippen molar-refractivity contribution in [3.05, 3.63) is 24.0 Å². The fraction of sp³-hybridized carbons (Fsp3) is 0.643. The van der Waals surface area contributed by atoms with E-state index >= 15 is 0 Å². The summed E-state index contributed by atoms with van der Waals surface area (Å²) in [4.78, 5) is 6.68. The highest BCUT2D eigenvalue weighted by Gasteiger charge is 2.19. The van der Waals surface area contributed by atoms with E-state index in [4.69, 9.17) is 9.84 Å². The van der Waals surface area contributed by atoms with Crippen molar-refractivity contribution in [1.82, 2.24) is 9.88 Å². The topological polar surface area (TPSA) is 57.6 Å². The summed E-state index contributed by atoms with van der Waals surface area (Å²) in [6, 6.07) is 4.09. The molecule has 1 fully saturated rings. The Morgan fingerprint density at radius 1 is 1.58 bits per heavy atom. The van der Waals surface area contributed by atoms with Gasteiger partial charge in [-0.3, -0.25) is 9.88 Å². The maximum Gasteiger partial charge on any atom is 0.0933 e. The summed E-state index contributed by atoms with van der Waals surface area (Å²) >= 11 is 0. The van der Waals surface area contributed by atoms with Crippen LogP contribution in [-0.2, 0) is 11.3 Å². The van der Waals surface area contributed by atoms with Crippen molar-refractivity contribution in [2.45, 2.75) is 26.0 Å². The molecular formula is C14H23N3O2. The number of aliphatic hydroxyl groups is 1. The van der Waals surface area contributed by atoms with E-state index in [1.54, 1.807) is 0 Å². The molecule has 1 atom stereocenters. The molecule has 1 aromatic heterocycles. The van der Waals surface area contributed by atoms with Crippen LogP contribution < -0.4 is 5.32 Å². The van der Waals surface area contributed by atoms with E-state index in [9.17, 15) is 0 Å². The molecule has 0 aromatic carbocycles. The van der Waals surface area contributed by atoms with Crippen LogP contribution in [0.4, 0.5) is 5.69 Å². The molecule has 2 heterocycles. The number of nitrogens with one attached hydrogen (secondary N) is 1. The van der Waals surface area contributed by atoms with Gasteiger partial charge in [0, 0.05) is 38.1 Å². The van der Waals surface area contributed by atoms with E-state index in [0.29, 0.717) is 6.61 Å². The average Bonchev–Trinajstić information content (AvgIpc) is 2.46. The average molecular weight is 265 g/mol. The highest BCUT2D eigenvalue weighted by Crippen LogP contribution is 2.12. The molecule has 0 amide bonds. The van der Waals surface area contributed by atoms with Gasteiger partial charge in [0.1, 0.15) is 0 Å². The monoisotopic (exact) mass is 265 g/mol. The van der Waals surface area contributed by atoms with Crippen molar-refractivity contribution in [3.63, 3.8) is 0 Å². The number of nitrogens with zero attached hydrogens (tertiary/aromatic N) is 2. The van der Waals surface area contributed by atoms with Crippen LogP contribution in [0.25, 0.3) is 0 Å². The normalized spacial score (nSPS) is 20.4. The molecule has 1 aromatic rings. The lowest BCUT2D eigenvalue weighted by atomic mass is 10.2. The zero-order valence-electron chi connectivity index (χ0n) is 11.5. The van der Waals surface area contributed by atoms with Gasteiger partial charge in [-0.2, -0.15) is 0 Å². The van der Waals surface area contributed by atoms with E-state index < -0.39 is 0 Å². The number of anilines is 1. The van der Waals surface area contributed by atoms with Crippen molar-refractivity contribution in [2.24, 2.45) is 0 Å². The Hall–Kier alpha value is -1.17. The first kappa shape index (κ1) is 14.2. The number of aromatic nitrogens is 1. The van der Waals surface area contributed by atoms with Gasteiger partial charge in [-0.25, -0.2) is 0 Å². The number of hydrogen-bond acceptors (Lipinski definition) is 5. The molecule has 0 aliphatic carbocycles. The fourth-order valence-corrected chi connectivity index (χ4v) is 2.21. The minimum absolute atomic E-state index is 0.0600. The summed E-state index contributed by atoms with van der Waals surface area (Å²) in [7, 11) is 0. The second-order valence-electron chi connectivity index (χ2n) is 4.87. The third kappa shape index (κ3) is 4.45. The lowest BCUT2D eigenvalue weighted by Crippen LogP contribution is -2.43. The standard InChI is InChI=1S/C14H23N3O2/c1-2-4-15-12-3-5-16-13(8-12)9-17-6-7-19-14(10-17)11-18/h3,5,8,14,18H,2,4,6-7,9-11H2,1H3,(H,15,16). The van der Waals surface area contributed by atoms with Crippen LogP contribution >= 0.6 is 0 Å². The van der Waals surface area contributed by atoms with Gasteiger partial charge >= 0.3 is 0 Å². The highest BCUT2D eigenvalue weighted by atomic mass is 16.5. The fourth-order valence-electron chi connectivity index (χ4n) is 2.21. The Labute approximate surface area is 114 Å². The van der Waals surface area contributed by atoms with Gasteiger partial charge in [0.25, 0.3) is 0 Å². The largest absolute Gasteiger partial charge is 0.394 e. The smallest absolute Gasteiger partial charge is 0.0933 e. The third-order valence-electron chi connectivity index (χ3n) is 3.21. The molecule has 5 heteroatoms. The molecule has 0 saturated carbocycles. The number of hydrogen-bond donors (Lipinski definition) is 2. The van der Waals surface area contributed by atoms with E-state index in [0.717, 1.165) is 44.0 Å². The third-order valence-corrected chi connectivity index (χ3v) is 3.21. The van der Waals surface area contributed by atoms with Gasteiger partial charge in [0.2, 0.25) is 0 Å². The van der Waals surface area contributed by atoms with Gasteiger partial charge in [-0.05, 0) is 18.6 Å². The van der Waals surface area contributed by atoms with Crippen molar-refractivity contribution in [3.8, 4) is 0 Å². The van der Waals surface area contributed by atoms with Gasteiger partial charge in [-0.1, -0.05) is 6.92 Å². The van der Waals surface area contributed by atoms with E-state index in [1.807, 2.05) is 12.3 Å². The molecule has 2 N–H and O–H groups in total. The van der Waals surface area contributed by atoms with E-state index in [-0.39, 0.29) is 12.7 Å². The Morgan fingerprint density at radius 2 is 2.47 bits per heavy atom.